The van der Waals surface area contributed by atoms with Crippen LogP contribution in [-0.2, 0) is 0 Å². The molecule has 1 aliphatic rings. The molecule has 1 fully saturated rings. The highest BCUT2D eigenvalue weighted by atomic mass is 16.5. The van der Waals surface area contributed by atoms with Gasteiger partial charge in [-0.25, -0.2) is 0 Å². The number of carbonyl (C=O) groups is 1. The van der Waals surface area contributed by atoms with Crippen LogP contribution in [0.3, 0.4) is 0 Å². The van der Waals surface area contributed by atoms with E-state index in [4.69, 9.17) is 24.9 Å². The van der Waals surface area contributed by atoms with Crippen molar-refractivity contribution in [1.82, 2.24) is 9.78 Å². The Morgan fingerprint density at radius 2 is 1.75 bits per heavy atom. The molecule has 0 bridgehead atoms. The first-order valence-electron chi connectivity index (χ1n) is 9.23. The molecule has 0 unspecified atom stereocenters. The number of nitrogens with zero attached hydrogens (tertiary/aromatic N) is 3. The summed E-state index contributed by atoms with van der Waals surface area (Å²) in [6.45, 7) is 1.84. The molecule has 0 atom stereocenters. The highest BCUT2D eigenvalue weighted by Crippen LogP contribution is 2.38. The van der Waals surface area contributed by atoms with Crippen LogP contribution in [0.5, 0.6) is 17.2 Å². The molecule has 1 aromatic carbocycles. The van der Waals surface area contributed by atoms with E-state index in [0.29, 0.717) is 28.6 Å². The quantitative estimate of drug-likeness (QED) is 0.465. The van der Waals surface area contributed by atoms with Gasteiger partial charge in [0.15, 0.2) is 17.3 Å². The van der Waals surface area contributed by atoms with Crippen LogP contribution in [0.2, 0.25) is 0 Å². The Morgan fingerprint density at radius 1 is 1.14 bits per heavy atom. The van der Waals surface area contributed by atoms with Crippen molar-refractivity contribution in [3.8, 4) is 17.2 Å². The average molecular weight is 386 g/mol. The molecule has 0 amide bonds. The molecule has 2 aromatic rings. The van der Waals surface area contributed by atoms with Gasteiger partial charge in [0.2, 0.25) is 11.5 Å². The van der Waals surface area contributed by atoms with E-state index in [-0.39, 0.29) is 17.7 Å². The molecule has 150 valence electrons. The normalized spacial score (nSPS) is 14.9. The molecule has 0 radical (unpaired) electrons. The van der Waals surface area contributed by atoms with Crippen LogP contribution in [-0.4, -0.2) is 48.8 Å². The second kappa shape index (κ2) is 8.33. The number of nitrogens with two attached hydrogens (primary N) is 1. The van der Waals surface area contributed by atoms with Gasteiger partial charge in [-0.15, -0.1) is 0 Å². The molecule has 3 rings (SSSR count). The molecule has 0 aliphatic heterocycles. The third-order valence-electron chi connectivity index (χ3n) is 4.96. The van der Waals surface area contributed by atoms with E-state index < -0.39 is 0 Å². The Hall–Kier alpha value is -3.03. The summed E-state index contributed by atoms with van der Waals surface area (Å²) in [7, 11) is 4.53. The van der Waals surface area contributed by atoms with Crippen molar-refractivity contribution < 1.29 is 19.0 Å². The minimum absolute atomic E-state index is 0.0879. The fourth-order valence-corrected chi connectivity index (χ4v) is 3.37. The molecule has 0 saturated heterocycles. The summed E-state index contributed by atoms with van der Waals surface area (Å²) in [5, 5.41) is 4.28. The summed E-state index contributed by atoms with van der Waals surface area (Å²) in [6, 6.07) is 3.31. The van der Waals surface area contributed by atoms with E-state index in [0.717, 1.165) is 31.2 Å². The summed E-state index contributed by atoms with van der Waals surface area (Å²) >= 11 is 0. The van der Waals surface area contributed by atoms with Gasteiger partial charge in [-0.2, -0.15) is 9.78 Å². The second-order valence-electron chi connectivity index (χ2n) is 6.76. The predicted octanol–water partition coefficient (Wildman–Crippen LogP) is 2.87. The Bertz CT molecular complexity index is 873. The highest BCUT2D eigenvalue weighted by Gasteiger charge is 2.26. The molecule has 0 spiro atoms. The number of ketones is 1. The van der Waals surface area contributed by atoms with Crippen molar-refractivity contribution in [2.75, 3.05) is 27.1 Å². The number of ether oxygens (including phenoxy) is 3. The number of methoxy groups -OCH3 is 3. The minimum atomic E-state index is -0.305. The van der Waals surface area contributed by atoms with E-state index in [9.17, 15) is 4.79 Å². The fourth-order valence-electron chi connectivity index (χ4n) is 3.37. The van der Waals surface area contributed by atoms with E-state index in [2.05, 4.69) is 5.10 Å². The van der Waals surface area contributed by atoms with Gasteiger partial charge < -0.3 is 19.9 Å². The van der Waals surface area contributed by atoms with Crippen LogP contribution in [0, 0.1) is 6.92 Å². The SMILES string of the molecule is COc1cc(C(=O)C(=NC2CCCC2)n2ncc(C)c2N)cc(OC)c1OC. The summed E-state index contributed by atoms with van der Waals surface area (Å²) in [4.78, 5) is 18.2. The molecular weight excluding hydrogens is 360 g/mol. The predicted molar refractivity (Wildman–Crippen MR) is 107 cm³/mol. The molecule has 8 heteroatoms. The van der Waals surface area contributed by atoms with Crippen molar-refractivity contribution in [1.29, 1.82) is 0 Å². The lowest BCUT2D eigenvalue weighted by atomic mass is 10.1. The van der Waals surface area contributed by atoms with Crippen molar-refractivity contribution in [3.63, 3.8) is 0 Å². The summed E-state index contributed by atoms with van der Waals surface area (Å²) in [5.74, 6) is 1.51. The van der Waals surface area contributed by atoms with Crippen LogP contribution in [0.25, 0.3) is 0 Å². The molecule has 28 heavy (non-hydrogen) atoms. The lowest BCUT2D eigenvalue weighted by Crippen LogP contribution is -2.27. The molecular formula is C20H26N4O4. The number of hydrogen-bond donors (Lipinski definition) is 1. The highest BCUT2D eigenvalue weighted by molar-refractivity contribution is 6.46. The first kappa shape index (κ1) is 19.7. The molecule has 1 heterocycles. The molecule has 1 aromatic heterocycles. The van der Waals surface area contributed by atoms with Gasteiger partial charge >= 0.3 is 0 Å². The van der Waals surface area contributed by atoms with Crippen LogP contribution in [0.15, 0.2) is 23.3 Å². The van der Waals surface area contributed by atoms with Gasteiger partial charge in [-0.1, -0.05) is 12.8 Å². The van der Waals surface area contributed by atoms with Crippen LogP contribution < -0.4 is 19.9 Å². The zero-order chi connectivity index (χ0) is 20.3. The Kier molecular flexibility index (Phi) is 5.87. The third-order valence-corrected chi connectivity index (χ3v) is 4.96. The maximum atomic E-state index is 13.4. The topological polar surface area (TPSA) is 101 Å². The Morgan fingerprint density at radius 3 is 2.21 bits per heavy atom. The van der Waals surface area contributed by atoms with Crippen LogP contribution in [0.1, 0.15) is 41.6 Å². The maximum Gasteiger partial charge on any atom is 0.230 e. The van der Waals surface area contributed by atoms with Gasteiger partial charge in [0, 0.05) is 11.1 Å². The summed E-state index contributed by atoms with van der Waals surface area (Å²) in [6.07, 6.45) is 5.74. The number of benzene rings is 1. The third kappa shape index (κ3) is 3.67. The average Bonchev–Trinajstić information content (AvgIpc) is 3.34. The van der Waals surface area contributed by atoms with Gasteiger partial charge in [-0.05, 0) is 31.9 Å². The molecule has 1 aliphatic carbocycles. The first-order valence-corrected chi connectivity index (χ1v) is 9.23. The van der Waals surface area contributed by atoms with E-state index in [1.807, 2.05) is 6.92 Å². The van der Waals surface area contributed by atoms with Crippen molar-refractivity contribution in [3.05, 3.63) is 29.5 Å². The summed E-state index contributed by atoms with van der Waals surface area (Å²) in [5.41, 5.74) is 7.30. The number of carbonyl (C=O) groups excluding carboxylic acids is 1. The summed E-state index contributed by atoms with van der Waals surface area (Å²) < 4.78 is 17.5. The second-order valence-corrected chi connectivity index (χ2v) is 6.76. The largest absolute Gasteiger partial charge is 0.493 e. The lowest BCUT2D eigenvalue weighted by Gasteiger charge is -2.15. The van der Waals surface area contributed by atoms with E-state index >= 15 is 0 Å². The van der Waals surface area contributed by atoms with Crippen LogP contribution >= 0.6 is 0 Å². The van der Waals surface area contributed by atoms with Crippen LogP contribution in [0.4, 0.5) is 5.82 Å². The zero-order valence-corrected chi connectivity index (χ0v) is 16.7. The van der Waals surface area contributed by atoms with Gasteiger partial charge in [0.25, 0.3) is 0 Å². The molecule has 2 N–H and O–H groups in total. The van der Waals surface area contributed by atoms with Gasteiger partial charge in [-0.3, -0.25) is 9.79 Å². The smallest absolute Gasteiger partial charge is 0.230 e. The first-order chi connectivity index (χ1) is 13.5. The maximum absolute atomic E-state index is 13.4. The molecule has 1 saturated carbocycles. The number of nitrogen functional groups attached to an aromatic ring is 1. The number of anilines is 1. The van der Waals surface area contributed by atoms with Crippen molar-refractivity contribution in [2.24, 2.45) is 4.99 Å². The number of aryl methyl sites for hydroxylation is 1. The minimum Gasteiger partial charge on any atom is -0.493 e. The lowest BCUT2D eigenvalue weighted by molar-refractivity contribution is 0.106. The number of aliphatic imine (C=N–C) groups is 1. The zero-order valence-electron chi connectivity index (χ0n) is 16.7. The van der Waals surface area contributed by atoms with Gasteiger partial charge in [0.1, 0.15) is 5.82 Å². The standard InChI is InChI=1S/C20H26N4O4/c1-12-11-22-24(19(12)21)20(23-14-7-5-6-8-14)17(25)13-9-15(26-2)18(28-4)16(10-13)27-3/h9-11,14H,5-8,21H2,1-4H3. The van der Waals surface area contributed by atoms with E-state index in [1.165, 1.54) is 26.0 Å². The Labute approximate surface area is 164 Å². The number of rotatable bonds is 6. The van der Waals surface area contributed by atoms with E-state index in [1.54, 1.807) is 18.3 Å². The van der Waals surface area contributed by atoms with Crippen molar-refractivity contribution in [2.45, 2.75) is 38.6 Å². The number of aromatic nitrogens is 2. The number of hydrogen-bond acceptors (Lipinski definition) is 7. The van der Waals surface area contributed by atoms with Gasteiger partial charge in [0.05, 0.1) is 33.6 Å². The van der Waals surface area contributed by atoms with Crippen molar-refractivity contribution >= 4 is 17.4 Å². The number of Topliss-reactive ketones (excluding diaryl/α,β-unsaturated/α-hetero) is 1. The fraction of sp³-hybridized carbons (Fsp3) is 0.450. The Balaban J connectivity index is 2.10. The monoisotopic (exact) mass is 386 g/mol. The molecule has 8 nitrogen and oxygen atoms in total.